The maximum atomic E-state index is 13.1. The van der Waals surface area contributed by atoms with Gasteiger partial charge in [0.25, 0.3) is 0 Å². The van der Waals surface area contributed by atoms with Gasteiger partial charge in [-0.05, 0) is 24.3 Å². The molecule has 0 spiro atoms. The predicted octanol–water partition coefficient (Wildman–Crippen LogP) is 3.35. The van der Waals surface area contributed by atoms with Crippen LogP contribution in [0.2, 0.25) is 0 Å². The van der Waals surface area contributed by atoms with Gasteiger partial charge in [-0.2, -0.15) is 0 Å². The minimum atomic E-state index is -0.950. The maximum Gasteiger partial charge on any atom is 0.345 e. The van der Waals surface area contributed by atoms with Gasteiger partial charge >= 0.3 is 5.97 Å². The highest BCUT2D eigenvalue weighted by atomic mass is 32.1. The number of carboxylic acid groups (broad SMARTS) is 1. The minimum Gasteiger partial charge on any atom is -0.477 e. The highest BCUT2D eigenvalue weighted by molar-refractivity contribution is 7.12. The van der Waals surface area contributed by atoms with Crippen LogP contribution in [0.3, 0.4) is 0 Å². The van der Waals surface area contributed by atoms with E-state index in [-0.39, 0.29) is 10.7 Å². The number of halogens is 1. The molecule has 17 heavy (non-hydrogen) atoms. The number of hydrogen-bond acceptors (Lipinski definition) is 3. The van der Waals surface area contributed by atoms with Crippen LogP contribution in [0.25, 0.3) is 0 Å². The van der Waals surface area contributed by atoms with Crippen molar-refractivity contribution in [3.05, 3.63) is 46.4 Å². The van der Waals surface area contributed by atoms with Gasteiger partial charge in [-0.25, -0.2) is 9.18 Å². The van der Waals surface area contributed by atoms with E-state index in [1.165, 1.54) is 12.1 Å². The molecule has 5 heteroatoms. The molecule has 2 aromatic rings. The molecule has 1 heterocycles. The van der Waals surface area contributed by atoms with E-state index in [1.54, 1.807) is 35.5 Å². The fourth-order valence-electron chi connectivity index (χ4n) is 1.45. The van der Waals surface area contributed by atoms with Gasteiger partial charge in [-0.1, -0.05) is 6.07 Å². The summed E-state index contributed by atoms with van der Waals surface area (Å²) in [6.45, 7) is 0. The van der Waals surface area contributed by atoms with E-state index in [0.29, 0.717) is 5.69 Å². The number of nitrogens with zero attached hydrogens (tertiary/aromatic N) is 1. The van der Waals surface area contributed by atoms with Gasteiger partial charge in [-0.15, -0.1) is 11.3 Å². The van der Waals surface area contributed by atoms with E-state index in [2.05, 4.69) is 0 Å². The lowest BCUT2D eigenvalue weighted by atomic mass is 10.2. The van der Waals surface area contributed by atoms with Crippen LogP contribution in [0.4, 0.5) is 15.8 Å². The van der Waals surface area contributed by atoms with Gasteiger partial charge in [0.05, 0.1) is 5.69 Å². The molecule has 0 atom stereocenters. The second-order valence-corrected chi connectivity index (χ2v) is 4.42. The molecule has 0 fully saturated rings. The quantitative estimate of drug-likeness (QED) is 0.909. The standard InChI is InChI=1S/C12H10FNO2S/c1-14(9-4-2-3-8(13)5-9)10-6-11(12(15)16)17-7-10/h2-7H,1H3,(H,15,16). The largest absolute Gasteiger partial charge is 0.477 e. The Morgan fingerprint density at radius 1 is 1.35 bits per heavy atom. The minimum absolute atomic E-state index is 0.267. The molecule has 0 radical (unpaired) electrons. The molecule has 3 nitrogen and oxygen atoms in total. The molecule has 88 valence electrons. The summed E-state index contributed by atoms with van der Waals surface area (Å²) in [5, 5.41) is 10.6. The lowest BCUT2D eigenvalue weighted by Gasteiger charge is -2.17. The average Bonchev–Trinajstić information content (AvgIpc) is 2.77. The summed E-state index contributed by atoms with van der Waals surface area (Å²) in [6, 6.07) is 7.72. The first kappa shape index (κ1) is 11.6. The van der Waals surface area contributed by atoms with E-state index in [9.17, 15) is 9.18 Å². The summed E-state index contributed by atoms with van der Waals surface area (Å²) < 4.78 is 13.1. The first-order chi connectivity index (χ1) is 8.08. The molecule has 0 aliphatic carbocycles. The Balaban J connectivity index is 2.30. The van der Waals surface area contributed by atoms with E-state index in [1.807, 2.05) is 0 Å². The fraction of sp³-hybridized carbons (Fsp3) is 0.0833. The van der Waals surface area contributed by atoms with Gasteiger partial charge in [0.2, 0.25) is 0 Å². The van der Waals surface area contributed by atoms with Crippen LogP contribution in [0.1, 0.15) is 9.67 Å². The van der Waals surface area contributed by atoms with Crippen LogP contribution in [0, 0.1) is 5.82 Å². The van der Waals surface area contributed by atoms with Crippen molar-refractivity contribution in [3.63, 3.8) is 0 Å². The van der Waals surface area contributed by atoms with Gasteiger partial charge < -0.3 is 10.0 Å². The SMILES string of the molecule is CN(c1cccc(F)c1)c1csc(C(=O)O)c1. The van der Waals surface area contributed by atoms with E-state index in [4.69, 9.17) is 5.11 Å². The molecular weight excluding hydrogens is 241 g/mol. The number of aromatic carboxylic acids is 1. The topological polar surface area (TPSA) is 40.5 Å². The Morgan fingerprint density at radius 3 is 2.71 bits per heavy atom. The van der Waals surface area contributed by atoms with Crippen molar-refractivity contribution >= 4 is 28.7 Å². The lowest BCUT2D eigenvalue weighted by Crippen LogP contribution is -2.08. The molecule has 0 amide bonds. The third kappa shape index (κ3) is 2.45. The summed E-state index contributed by atoms with van der Waals surface area (Å²) in [4.78, 5) is 12.8. The molecule has 0 aliphatic heterocycles. The Hall–Kier alpha value is -1.88. The first-order valence-electron chi connectivity index (χ1n) is 4.89. The number of carbonyl (C=O) groups is 1. The zero-order valence-electron chi connectivity index (χ0n) is 9.05. The van der Waals surface area contributed by atoms with Crippen LogP contribution in [-0.4, -0.2) is 18.1 Å². The molecule has 0 saturated heterocycles. The van der Waals surface area contributed by atoms with E-state index < -0.39 is 5.97 Å². The summed E-state index contributed by atoms with van der Waals surface area (Å²) in [5.74, 6) is -1.27. The average molecular weight is 251 g/mol. The zero-order valence-corrected chi connectivity index (χ0v) is 9.87. The summed E-state index contributed by atoms with van der Waals surface area (Å²) in [5.41, 5.74) is 1.41. The molecule has 1 aromatic heterocycles. The highest BCUT2D eigenvalue weighted by Crippen LogP contribution is 2.28. The number of hydrogen-bond donors (Lipinski definition) is 1. The Bertz CT molecular complexity index is 553. The molecule has 1 aromatic carbocycles. The van der Waals surface area contributed by atoms with Crippen molar-refractivity contribution < 1.29 is 14.3 Å². The molecular formula is C12H10FNO2S. The second-order valence-electron chi connectivity index (χ2n) is 3.51. The molecule has 0 bridgehead atoms. The first-order valence-corrected chi connectivity index (χ1v) is 5.77. The van der Waals surface area contributed by atoms with Crippen LogP contribution in [0.5, 0.6) is 0 Å². The smallest absolute Gasteiger partial charge is 0.345 e. The van der Waals surface area contributed by atoms with E-state index in [0.717, 1.165) is 17.0 Å². The Morgan fingerprint density at radius 2 is 2.12 bits per heavy atom. The summed E-state index contributed by atoms with van der Waals surface area (Å²) in [7, 11) is 1.77. The number of benzene rings is 1. The molecule has 0 saturated carbocycles. The molecule has 0 unspecified atom stereocenters. The molecule has 2 rings (SSSR count). The molecule has 0 aliphatic rings. The zero-order chi connectivity index (χ0) is 12.4. The number of carboxylic acids is 1. The number of anilines is 2. The monoisotopic (exact) mass is 251 g/mol. The Kier molecular flexibility index (Phi) is 3.10. The predicted molar refractivity (Wildman–Crippen MR) is 65.7 cm³/mol. The third-order valence-electron chi connectivity index (χ3n) is 2.38. The van der Waals surface area contributed by atoms with Gasteiger partial charge in [0, 0.05) is 18.1 Å². The number of rotatable bonds is 3. The number of thiophene rings is 1. The Labute approximate surface area is 102 Å². The van der Waals surface area contributed by atoms with Gasteiger partial charge in [0.1, 0.15) is 10.7 Å². The summed E-state index contributed by atoms with van der Waals surface area (Å²) >= 11 is 1.15. The van der Waals surface area contributed by atoms with Crippen molar-refractivity contribution in [2.45, 2.75) is 0 Å². The van der Waals surface area contributed by atoms with Crippen LogP contribution in [-0.2, 0) is 0 Å². The van der Waals surface area contributed by atoms with Gasteiger partial charge in [0.15, 0.2) is 0 Å². The normalized spacial score (nSPS) is 10.2. The lowest BCUT2D eigenvalue weighted by molar-refractivity contribution is 0.0702. The van der Waals surface area contributed by atoms with Crippen molar-refractivity contribution in [2.24, 2.45) is 0 Å². The van der Waals surface area contributed by atoms with Crippen LogP contribution >= 0.6 is 11.3 Å². The fourth-order valence-corrected chi connectivity index (χ4v) is 2.21. The van der Waals surface area contributed by atoms with Crippen molar-refractivity contribution in [3.8, 4) is 0 Å². The van der Waals surface area contributed by atoms with Crippen molar-refractivity contribution in [2.75, 3.05) is 11.9 Å². The molecule has 1 N–H and O–H groups in total. The van der Waals surface area contributed by atoms with Crippen molar-refractivity contribution in [1.82, 2.24) is 0 Å². The maximum absolute atomic E-state index is 13.1. The highest BCUT2D eigenvalue weighted by Gasteiger charge is 2.11. The van der Waals surface area contributed by atoms with E-state index >= 15 is 0 Å². The van der Waals surface area contributed by atoms with Crippen LogP contribution in [0.15, 0.2) is 35.7 Å². The third-order valence-corrected chi connectivity index (χ3v) is 3.28. The van der Waals surface area contributed by atoms with Crippen LogP contribution < -0.4 is 4.90 Å². The summed E-state index contributed by atoms with van der Waals surface area (Å²) in [6.07, 6.45) is 0. The second kappa shape index (κ2) is 4.55. The van der Waals surface area contributed by atoms with Gasteiger partial charge in [-0.3, -0.25) is 0 Å². The van der Waals surface area contributed by atoms with Crippen molar-refractivity contribution in [1.29, 1.82) is 0 Å².